The molecule has 3 nitrogen and oxygen atoms in total. The summed E-state index contributed by atoms with van der Waals surface area (Å²) < 4.78 is 0. The molecule has 0 spiro atoms. The van der Waals surface area contributed by atoms with Gasteiger partial charge in [0.05, 0.1) is 12.2 Å². The molecular formula is C17H32N2O. The lowest BCUT2D eigenvalue weighted by atomic mass is 9.80. The van der Waals surface area contributed by atoms with Crippen molar-refractivity contribution < 1.29 is 4.79 Å². The number of nitrogens with zero attached hydrogens (tertiary/aromatic N) is 1. The van der Waals surface area contributed by atoms with E-state index in [1.807, 2.05) is 6.92 Å². The molecule has 0 aromatic heterocycles. The largest absolute Gasteiger partial charge is 0.326 e. The molecule has 20 heavy (non-hydrogen) atoms. The van der Waals surface area contributed by atoms with Crippen LogP contribution in [0.1, 0.15) is 66.2 Å². The molecule has 0 bridgehead atoms. The zero-order valence-electron chi connectivity index (χ0n) is 13.7. The Bertz CT molecular complexity index is 321. The third-order valence-electron chi connectivity index (χ3n) is 5.17. The Morgan fingerprint density at radius 2 is 1.80 bits per heavy atom. The van der Waals surface area contributed by atoms with Crippen molar-refractivity contribution in [2.24, 2.45) is 17.8 Å². The standard InChI is InChI=1S/C17H32N2O/c1-5-14-6-8-15(9-7-14)11-19-16(10-12(2)3)18-13(4)17(19)20/h12-16,18H,5-11H2,1-4H3. The lowest BCUT2D eigenvalue weighted by Gasteiger charge is -2.33. The normalized spacial score (nSPS) is 35.0. The summed E-state index contributed by atoms with van der Waals surface area (Å²) in [6.07, 6.45) is 8.00. The summed E-state index contributed by atoms with van der Waals surface area (Å²) in [6.45, 7) is 9.76. The van der Waals surface area contributed by atoms with Crippen LogP contribution in [0.2, 0.25) is 0 Å². The number of carbonyl (C=O) groups is 1. The van der Waals surface area contributed by atoms with Crippen molar-refractivity contribution in [3.8, 4) is 0 Å². The van der Waals surface area contributed by atoms with E-state index in [0.29, 0.717) is 11.8 Å². The average molecular weight is 280 g/mol. The summed E-state index contributed by atoms with van der Waals surface area (Å²) in [5, 5.41) is 3.47. The molecule has 0 radical (unpaired) electrons. The van der Waals surface area contributed by atoms with E-state index in [-0.39, 0.29) is 12.2 Å². The lowest BCUT2D eigenvalue weighted by Crippen LogP contribution is -2.41. The molecule has 1 aliphatic heterocycles. The Hall–Kier alpha value is -0.570. The predicted octanol–water partition coefficient (Wildman–Crippen LogP) is 3.40. The topological polar surface area (TPSA) is 32.3 Å². The highest BCUT2D eigenvalue weighted by atomic mass is 16.2. The molecule has 2 aliphatic rings. The summed E-state index contributed by atoms with van der Waals surface area (Å²) in [5.74, 6) is 2.60. The molecule has 2 fully saturated rings. The maximum Gasteiger partial charge on any atom is 0.240 e. The average Bonchev–Trinajstić information content (AvgIpc) is 2.67. The van der Waals surface area contributed by atoms with Crippen molar-refractivity contribution in [1.82, 2.24) is 10.2 Å². The first kappa shape index (κ1) is 15.8. The van der Waals surface area contributed by atoms with Crippen LogP contribution in [0.5, 0.6) is 0 Å². The van der Waals surface area contributed by atoms with Gasteiger partial charge in [0.25, 0.3) is 0 Å². The smallest absolute Gasteiger partial charge is 0.240 e. The first-order valence-electron chi connectivity index (χ1n) is 8.57. The minimum Gasteiger partial charge on any atom is -0.326 e. The molecule has 2 unspecified atom stereocenters. The molecule has 0 aromatic carbocycles. The van der Waals surface area contributed by atoms with Crippen molar-refractivity contribution in [2.45, 2.75) is 78.4 Å². The van der Waals surface area contributed by atoms with Gasteiger partial charge in [-0.2, -0.15) is 0 Å². The molecule has 3 heteroatoms. The molecular weight excluding hydrogens is 248 g/mol. The molecule has 2 rings (SSSR count). The molecule has 116 valence electrons. The van der Waals surface area contributed by atoms with Gasteiger partial charge < -0.3 is 4.90 Å². The van der Waals surface area contributed by atoms with Gasteiger partial charge in [-0.15, -0.1) is 0 Å². The molecule has 1 amide bonds. The Morgan fingerprint density at radius 3 is 2.35 bits per heavy atom. The van der Waals surface area contributed by atoms with E-state index in [4.69, 9.17) is 0 Å². The van der Waals surface area contributed by atoms with E-state index >= 15 is 0 Å². The van der Waals surface area contributed by atoms with Crippen molar-refractivity contribution >= 4 is 5.91 Å². The summed E-state index contributed by atoms with van der Waals surface area (Å²) in [7, 11) is 0. The van der Waals surface area contributed by atoms with Crippen LogP contribution >= 0.6 is 0 Å². The zero-order chi connectivity index (χ0) is 14.7. The van der Waals surface area contributed by atoms with E-state index < -0.39 is 0 Å². The molecule has 1 N–H and O–H groups in total. The van der Waals surface area contributed by atoms with Crippen LogP contribution in [0.25, 0.3) is 0 Å². The predicted molar refractivity (Wildman–Crippen MR) is 83.3 cm³/mol. The van der Waals surface area contributed by atoms with Crippen molar-refractivity contribution in [2.75, 3.05) is 6.54 Å². The Morgan fingerprint density at radius 1 is 1.20 bits per heavy atom. The Labute approximate surface area is 124 Å². The number of hydrogen-bond acceptors (Lipinski definition) is 2. The fraction of sp³-hybridized carbons (Fsp3) is 0.941. The van der Waals surface area contributed by atoms with E-state index in [0.717, 1.165) is 24.8 Å². The minimum atomic E-state index is 0.00531. The monoisotopic (exact) mass is 280 g/mol. The first-order valence-corrected chi connectivity index (χ1v) is 8.57. The number of amides is 1. The van der Waals surface area contributed by atoms with Gasteiger partial charge in [0.15, 0.2) is 0 Å². The maximum atomic E-state index is 12.4. The van der Waals surface area contributed by atoms with Gasteiger partial charge in [-0.1, -0.05) is 40.0 Å². The molecule has 1 saturated carbocycles. The third-order valence-corrected chi connectivity index (χ3v) is 5.17. The molecule has 1 heterocycles. The summed E-state index contributed by atoms with van der Waals surface area (Å²) in [6, 6.07) is 0.00531. The third kappa shape index (κ3) is 3.75. The highest BCUT2D eigenvalue weighted by Crippen LogP contribution is 2.32. The fourth-order valence-corrected chi connectivity index (χ4v) is 3.81. The second kappa shape index (κ2) is 6.93. The van der Waals surface area contributed by atoms with Crippen LogP contribution in [0, 0.1) is 17.8 Å². The Kier molecular flexibility index (Phi) is 5.48. The summed E-state index contributed by atoms with van der Waals surface area (Å²) in [5.41, 5.74) is 0. The maximum absolute atomic E-state index is 12.4. The van der Waals surface area contributed by atoms with E-state index in [2.05, 4.69) is 31.0 Å². The van der Waals surface area contributed by atoms with Crippen molar-refractivity contribution in [3.63, 3.8) is 0 Å². The molecule has 0 aromatic rings. The lowest BCUT2D eigenvalue weighted by molar-refractivity contribution is -0.130. The van der Waals surface area contributed by atoms with E-state index in [9.17, 15) is 4.79 Å². The molecule has 1 aliphatic carbocycles. The number of nitrogens with one attached hydrogen (secondary N) is 1. The van der Waals surface area contributed by atoms with Crippen LogP contribution < -0.4 is 5.32 Å². The van der Waals surface area contributed by atoms with Gasteiger partial charge in [-0.05, 0) is 43.9 Å². The van der Waals surface area contributed by atoms with E-state index in [1.54, 1.807) is 0 Å². The van der Waals surface area contributed by atoms with E-state index in [1.165, 1.54) is 32.1 Å². The summed E-state index contributed by atoms with van der Waals surface area (Å²) >= 11 is 0. The molecule has 2 atom stereocenters. The van der Waals surface area contributed by atoms with Crippen LogP contribution in [-0.2, 0) is 4.79 Å². The van der Waals surface area contributed by atoms with Crippen LogP contribution in [0.3, 0.4) is 0 Å². The van der Waals surface area contributed by atoms with Crippen molar-refractivity contribution in [3.05, 3.63) is 0 Å². The highest BCUT2D eigenvalue weighted by Gasteiger charge is 2.37. The van der Waals surface area contributed by atoms with Gasteiger partial charge in [0.1, 0.15) is 0 Å². The second-order valence-corrected chi connectivity index (χ2v) is 7.32. The highest BCUT2D eigenvalue weighted by molar-refractivity contribution is 5.83. The zero-order valence-corrected chi connectivity index (χ0v) is 13.7. The van der Waals surface area contributed by atoms with Gasteiger partial charge in [-0.3, -0.25) is 10.1 Å². The SMILES string of the molecule is CCC1CCC(CN2C(=O)C(C)NC2CC(C)C)CC1. The van der Waals surface area contributed by atoms with Gasteiger partial charge in [-0.25, -0.2) is 0 Å². The first-order chi connectivity index (χ1) is 9.51. The molecule has 1 saturated heterocycles. The fourth-order valence-electron chi connectivity index (χ4n) is 3.81. The van der Waals surface area contributed by atoms with Gasteiger partial charge in [0, 0.05) is 6.54 Å². The van der Waals surface area contributed by atoms with Crippen molar-refractivity contribution in [1.29, 1.82) is 0 Å². The quantitative estimate of drug-likeness (QED) is 0.837. The van der Waals surface area contributed by atoms with Crippen LogP contribution in [0.4, 0.5) is 0 Å². The van der Waals surface area contributed by atoms with Gasteiger partial charge >= 0.3 is 0 Å². The van der Waals surface area contributed by atoms with Crippen LogP contribution in [0.15, 0.2) is 0 Å². The number of hydrogen-bond donors (Lipinski definition) is 1. The van der Waals surface area contributed by atoms with Crippen LogP contribution in [-0.4, -0.2) is 29.6 Å². The number of rotatable bonds is 5. The Balaban J connectivity index is 1.90. The minimum absolute atomic E-state index is 0.00531. The summed E-state index contributed by atoms with van der Waals surface area (Å²) in [4.78, 5) is 14.5. The van der Waals surface area contributed by atoms with Gasteiger partial charge in [0.2, 0.25) is 5.91 Å². The number of carbonyl (C=O) groups excluding carboxylic acids is 1. The second-order valence-electron chi connectivity index (χ2n) is 7.32.